The van der Waals surface area contributed by atoms with Gasteiger partial charge < -0.3 is 14.2 Å². The molecule has 3 nitrogen and oxygen atoms in total. The molecule has 2 aromatic carbocycles. The Kier molecular flexibility index (Phi) is 3.95. The van der Waals surface area contributed by atoms with Crippen LogP contribution >= 0.6 is 0 Å². The van der Waals surface area contributed by atoms with E-state index >= 15 is 0 Å². The van der Waals surface area contributed by atoms with Gasteiger partial charge in [-0.2, -0.15) is 0 Å². The van der Waals surface area contributed by atoms with Crippen molar-refractivity contribution in [2.75, 3.05) is 21.3 Å². The molecule has 0 amide bonds. The van der Waals surface area contributed by atoms with Gasteiger partial charge in [0.2, 0.25) is 0 Å². The minimum Gasteiger partial charge on any atom is -0.497 e. The maximum Gasteiger partial charge on any atom is 0.127 e. The van der Waals surface area contributed by atoms with Crippen molar-refractivity contribution in [2.24, 2.45) is 0 Å². The number of ether oxygens (including phenoxy) is 3. The van der Waals surface area contributed by atoms with Crippen LogP contribution in [0.25, 0.3) is 11.1 Å². The minimum absolute atomic E-state index is 0.793. The van der Waals surface area contributed by atoms with Gasteiger partial charge in [-0.05, 0) is 36.8 Å². The van der Waals surface area contributed by atoms with Crippen LogP contribution in [0.15, 0.2) is 36.4 Å². The third-order valence-electron chi connectivity index (χ3n) is 3.13. The number of hydrogen-bond acceptors (Lipinski definition) is 3. The highest BCUT2D eigenvalue weighted by Crippen LogP contribution is 2.40. The smallest absolute Gasteiger partial charge is 0.127 e. The molecule has 0 heterocycles. The molecule has 0 radical (unpaired) electrons. The van der Waals surface area contributed by atoms with Crippen molar-refractivity contribution >= 4 is 0 Å². The van der Waals surface area contributed by atoms with E-state index in [0.717, 1.165) is 33.9 Å². The van der Waals surface area contributed by atoms with Crippen molar-refractivity contribution in [3.63, 3.8) is 0 Å². The molecular formula is C16H18O3. The molecule has 100 valence electrons. The molecule has 0 unspecified atom stereocenters. The van der Waals surface area contributed by atoms with Crippen LogP contribution in [-0.2, 0) is 0 Å². The van der Waals surface area contributed by atoms with Crippen molar-refractivity contribution in [1.82, 2.24) is 0 Å². The predicted octanol–water partition coefficient (Wildman–Crippen LogP) is 3.69. The van der Waals surface area contributed by atoms with Crippen LogP contribution in [0.2, 0.25) is 0 Å². The van der Waals surface area contributed by atoms with E-state index in [4.69, 9.17) is 14.2 Å². The summed E-state index contributed by atoms with van der Waals surface area (Å²) in [5.41, 5.74) is 3.13. The summed E-state index contributed by atoms with van der Waals surface area (Å²) in [5, 5.41) is 0. The topological polar surface area (TPSA) is 27.7 Å². The lowest BCUT2D eigenvalue weighted by molar-refractivity contribution is 0.402. The Bertz CT molecular complexity index is 576. The molecule has 2 rings (SSSR count). The Morgan fingerprint density at radius 2 is 1.53 bits per heavy atom. The first-order valence-corrected chi connectivity index (χ1v) is 6.07. The van der Waals surface area contributed by atoms with E-state index in [0.29, 0.717) is 0 Å². The predicted molar refractivity (Wildman–Crippen MR) is 76.3 cm³/mol. The van der Waals surface area contributed by atoms with E-state index in [9.17, 15) is 0 Å². The number of aryl methyl sites for hydroxylation is 1. The fourth-order valence-electron chi connectivity index (χ4n) is 2.17. The number of rotatable bonds is 4. The summed E-state index contributed by atoms with van der Waals surface area (Å²) in [4.78, 5) is 0. The molecule has 0 aliphatic carbocycles. The van der Waals surface area contributed by atoms with Crippen LogP contribution in [-0.4, -0.2) is 21.3 Å². The molecule has 0 saturated heterocycles. The normalized spacial score (nSPS) is 10.1. The van der Waals surface area contributed by atoms with Crippen molar-refractivity contribution in [1.29, 1.82) is 0 Å². The number of methoxy groups -OCH3 is 3. The van der Waals surface area contributed by atoms with Crippen molar-refractivity contribution in [2.45, 2.75) is 6.92 Å². The summed E-state index contributed by atoms with van der Waals surface area (Å²) >= 11 is 0. The zero-order valence-electron chi connectivity index (χ0n) is 11.7. The molecule has 19 heavy (non-hydrogen) atoms. The molecule has 0 fully saturated rings. The lowest BCUT2D eigenvalue weighted by Gasteiger charge is -2.15. The van der Waals surface area contributed by atoms with Crippen molar-refractivity contribution in [3.05, 3.63) is 42.0 Å². The summed E-state index contributed by atoms with van der Waals surface area (Å²) in [6, 6.07) is 11.7. The van der Waals surface area contributed by atoms with Crippen LogP contribution in [0.1, 0.15) is 5.56 Å². The van der Waals surface area contributed by atoms with E-state index in [1.807, 2.05) is 30.3 Å². The maximum absolute atomic E-state index is 5.46. The SMILES string of the molecule is COc1ccc(OC)c(-c2c(C)cccc2OC)c1. The fraction of sp³-hybridized carbons (Fsp3) is 0.250. The molecule has 3 heteroatoms. The van der Waals surface area contributed by atoms with Crippen LogP contribution in [0, 0.1) is 6.92 Å². The second-order valence-corrected chi connectivity index (χ2v) is 4.22. The van der Waals surface area contributed by atoms with Gasteiger partial charge in [0.05, 0.1) is 21.3 Å². The summed E-state index contributed by atoms with van der Waals surface area (Å²) in [6.07, 6.45) is 0. The largest absolute Gasteiger partial charge is 0.497 e. The van der Waals surface area contributed by atoms with Gasteiger partial charge in [0.25, 0.3) is 0 Å². The first-order valence-electron chi connectivity index (χ1n) is 6.07. The second kappa shape index (κ2) is 5.65. The van der Waals surface area contributed by atoms with Crippen LogP contribution < -0.4 is 14.2 Å². The van der Waals surface area contributed by atoms with Gasteiger partial charge in [-0.3, -0.25) is 0 Å². The van der Waals surface area contributed by atoms with E-state index in [-0.39, 0.29) is 0 Å². The second-order valence-electron chi connectivity index (χ2n) is 4.22. The molecule has 0 bridgehead atoms. The monoisotopic (exact) mass is 258 g/mol. The van der Waals surface area contributed by atoms with Gasteiger partial charge in [-0.1, -0.05) is 12.1 Å². The lowest BCUT2D eigenvalue weighted by Crippen LogP contribution is -1.95. The van der Waals surface area contributed by atoms with Crippen LogP contribution in [0.3, 0.4) is 0 Å². The van der Waals surface area contributed by atoms with Crippen molar-refractivity contribution in [3.8, 4) is 28.4 Å². The minimum atomic E-state index is 0.793. The van der Waals surface area contributed by atoms with Crippen LogP contribution in [0.5, 0.6) is 17.2 Å². The number of benzene rings is 2. The van der Waals surface area contributed by atoms with Gasteiger partial charge in [0.15, 0.2) is 0 Å². The van der Waals surface area contributed by atoms with Crippen LogP contribution in [0.4, 0.5) is 0 Å². The molecule has 2 aromatic rings. The number of hydrogen-bond donors (Lipinski definition) is 0. The maximum atomic E-state index is 5.46. The Hall–Kier alpha value is -2.16. The Morgan fingerprint density at radius 1 is 0.789 bits per heavy atom. The average molecular weight is 258 g/mol. The zero-order valence-corrected chi connectivity index (χ0v) is 11.7. The molecule has 0 aromatic heterocycles. The van der Waals surface area contributed by atoms with E-state index in [1.165, 1.54) is 0 Å². The highest BCUT2D eigenvalue weighted by molar-refractivity contribution is 5.79. The third kappa shape index (κ3) is 2.50. The average Bonchev–Trinajstić information content (AvgIpc) is 2.46. The first-order chi connectivity index (χ1) is 9.21. The molecule has 0 aliphatic heterocycles. The Morgan fingerprint density at radius 3 is 2.16 bits per heavy atom. The lowest BCUT2D eigenvalue weighted by atomic mass is 9.98. The summed E-state index contributed by atoms with van der Waals surface area (Å²) in [7, 11) is 4.99. The standard InChI is InChI=1S/C16H18O3/c1-11-6-5-7-15(19-4)16(11)13-10-12(17-2)8-9-14(13)18-3/h5-10H,1-4H3. The molecule has 0 N–H and O–H groups in total. The third-order valence-corrected chi connectivity index (χ3v) is 3.13. The van der Waals surface area contributed by atoms with Gasteiger partial charge in [-0.15, -0.1) is 0 Å². The van der Waals surface area contributed by atoms with Gasteiger partial charge in [0, 0.05) is 11.1 Å². The summed E-state index contributed by atoms with van der Waals surface area (Å²) in [6.45, 7) is 2.05. The van der Waals surface area contributed by atoms with Crippen molar-refractivity contribution < 1.29 is 14.2 Å². The molecule has 0 atom stereocenters. The highest BCUT2D eigenvalue weighted by atomic mass is 16.5. The van der Waals surface area contributed by atoms with Gasteiger partial charge in [0.1, 0.15) is 17.2 Å². The van der Waals surface area contributed by atoms with E-state index < -0.39 is 0 Å². The molecule has 0 spiro atoms. The summed E-state index contributed by atoms with van der Waals surface area (Å²) < 4.78 is 16.2. The fourth-order valence-corrected chi connectivity index (χ4v) is 2.17. The summed E-state index contributed by atoms with van der Waals surface area (Å²) in [5.74, 6) is 2.42. The molecule has 0 aliphatic rings. The van der Waals surface area contributed by atoms with E-state index in [1.54, 1.807) is 21.3 Å². The quantitative estimate of drug-likeness (QED) is 0.837. The first kappa shape index (κ1) is 13.3. The Labute approximate surface area is 113 Å². The van der Waals surface area contributed by atoms with E-state index in [2.05, 4.69) is 13.0 Å². The zero-order chi connectivity index (χ0) is 13.8. The molecule has 0 saturated carbocycles. The van der Waals surface area contributed by atoms with Gasteiger partial charge >= 0.3 is 0 Å². The highest BCUT2D eigenvalue weighted by Gasteiger charge is 2.14. The molecular weight excluding hydrogens is 240 g/mol. The van der Waals surface area contributed by atoms with Gasteiger partial charge in [-0.25, -0.2) is 0 Å². The Balaban J connectivity index is 2.69.